The van der Waals surface area contributed by atoms with Crippen molar-refractivity contribution in [2.45, 2.75) is 13.5 Å². The Morgan fingerprint density at radius 1 is 1.00 bits per heavy atom. The second-order valence-corrected chi connectivity index (χ2v) is 7.91. The van der Waals surface area contributed by atoms with Crippen molar-refractivity contribution in [2.75, 3.05) is 36.4 Å². The van der Waals surface area contributed by atoms with E-state index in [9.17, 15) is 14.9 Å². The van der Waals surface area contributed by atoms with E-state index >= 15 is 0 Å². The molecule has 2 aromatic carbocycles. The number of piperazine rings is 1. The van der Waals surface area contributed by atoms with Crippen molar-refractivity contribution in [1.82, 2.24) is 9.88 Å². The second kappa shape index (κ2) is 9.57. The maximum absolute atomic E-state index is 12.4. The van der Waals surface area contributed by atoms with E-state index in [1.165, 1.54) is 0 Å². The van der Waals surface area contributed by atoms with Gasteiger partial charge in [-0.2, -0.15) is 0 Å². The first-order chi connectivity index (χ1) is 15.5. The molecule has 1 amide bonds. The lowest BCUT2D eigenvalue weighted by molar-refractivity contribution is -0.384. The summed E-state index contributed by atoms with van der Waals surface area (Å²) in [5.41, 5.74) is 3.57. The van der Waals surface area contributed by atoms with Crippen molar-refractivity contribution in [3.05, 3.63) is 93.7 Å². The summed E-state index contributed by atoms with van der Waals surface area (Å²) in [6, 6.07) is 18.0. The van der Waals surface area contributed by atoms with Gasteiger partial charge in [0.2, 0.25) is 0 Å². The minimum absolute atomic E-state index is 0.114. The second-order valence-electron chi connectivity index (χ2n) is 7.91. The largest absolute Gasteiger partial charge is 0.354 e. The van der Waals surface area contributed by atoms with Gasteiger partial charge in [0.05, 0.1) is 16.8 Å². The van der Waals surface area contributed by atoms with Crippen LogP contribution in [0.2, 0.25) is 0 Å². The van der Waals surface area contributed by atoms with Crippen LogP contribution in [0.4, 0.5) is 17.2 Å². The fourth-order valence-corrected chi connectivity index (χ4v) is 3.67. The molecular weight excluding hydrogens is 406 g/mol. The van der Waals surface area contributed by atoms with E-state index < -0.39 is 0 Å². The number of amides is 1. The molecule has 164 valence electrons. The van der Waals surface area contributed by atoms with Crippen LogP contribution in [-0.2, 0) is 6.54 Å². The van der Waals surface area contributed by atoms with Crippen molar-refractivity contribution in [3.8, 4) is 0 Å². The van der Waals surface area contributed by atoms with Gasteiger partial charge in [-0.3, -0.25) is 19.8 Å². The maximum atomic E-state index is 12.4. The summed E-state index contributed by atoms with van der Waals surface area (Å²) in [4.78, 5) is 31.8. The monoisotopic (exact) mass is 431 g/mol. The quantitative estimate of drug-likeness (QED) is 0.471. The van der Waals surface area contributed by atoms with Gasteiger partial charge in [0.1, 0.15) is 5.82 Å². The average Bonchev–Trinajstić information content (AvgIpc) is 2.81. The molecular formula is C24H25N5O3. The predicted molar refractivity (Wildman–Crippen MR) is 124 cm³/mol. The van der Waals surface area contributed by atoms with E-state index in [2.05, 4.69) is 20.1 Å². The van der Waals surface area contributed by atoms with Crippen LogP contribution in [0, 0.1) is 17.0 Å². The summed E-state index contributed by atoms with van der Waals surface area (Å²) in [5, 5.41) is 13.7. The Hall–Kier alpha value is -3.78. The Morgan fingerprint density at radius 3 is 2.28 bits per heavy atom. The van der Waals surface area contributed by atoms with Gasteiger partial charge in [0.15, 0.2) is 0 Å². The highest BCUT2D eigenvalue weighted by Gasteiger charge is 2.18. The number of anilines is 2. The summed E-state index contributed by atoms with van der Waals surface area (Å²) in [7, 11) is 0. The molecule has 0 radical (unpaired) electrons. The van der Waals surface area contributed by atoms with Crippen LogP contribution in [0.3, 0.4) is 0 Å². The molecule has 2 heterocycles. The minimum atomic E-state index is -0.380. The van der Waals surface area contributed by atoms with Crippen molar-refractivity contribution in [1.29, 1.82) is 0 Å². The number of carbonyl (C=O) groups excluding carboxylic acids is 1. The Morgan fingerprint density at radius 2 is 1.69 bits per heavy atom. The van der Waals surface area contributed by atoms with E-state index in [0.717, 1.165) is 49.7 Å². The number of nitrogens with one attached hydrogen (secondary N) is 1. The van der Waals surface area contributed by atoms with Gasteiger partial charge in [-0.05, 0) is 36.8 Å². The van der Waals surface area contributed by atoms with E-state index in [1.807, 2.05) is 55.5 Å². The third-order valence-electron chi connectivity index (χ3n) is 5.57. The van der Waals surface area contributed by atoms with Crippen molar-refractivity contribution >= 4 is 23.1 Å². The summed E-state index contributed by atoms with van der Waals surface area (Å²) in [5.74, 6) is 0.729. The van der Waals surface area contributed by atoms with Gasteiger partial charge in [-0.25, -0.2) is 4.98 Å². The molecule has 8 heteroatoms. The van der Waals surface area contributed by atoms with Crippen LogP contribution in [-0.4, -0.2) is 46.9 Å². The van der Waals surface area contributed by atoms with Crippen molar-refractivity contribution in [3.63, 3.8) is 0 Å². The van der Waals surface area contributed by atoms with Gasteiger partial charge in [-0.1, -0.05) is 29.8 Å². The molecule has 3 aromatic rings. The number of aryl methyl sites for hydroxylation is 1. The lowest BCUT2D eigenvalue weighted by atomic mass is 10.1. The normalized spacial score (nSPS) is 14.2. The molecule has 0 unspecified atom stereocenters. The molecule has 0 aliphatic carbocycles. The Labute approximate surface area is 186 Å². The van der Waals surface area contributed by atoms with Crippen LogP contribution in [0.1, 0.15) is 21.5 Å². The van der Waals surface area contributed by atoms with Crippen LogP contribution >= 0.6 is 0 Å². The number of carbonyl (C=O) groups is 1. The fourth-order valence-electron chi connectivity index (χ4n) is 3.67. The number of rotatable bonds is 6. The summed E-state index contributed by atoms with van der Waals surface area (Å²) >= 11 is 0. The lowest BCUT2D eigenvalue weighted by Gasteiger charge is -2.35. The highest BCUT2D eigenvalue weighted by Crippen LogP contribution is 2.19. The van der Waals surface area contributed by atoms with E-state index in [-0.39, 0.29) is 16.5 Å². The highest BCUT2D eigenvalue weighted by molar-refractivity contribution is 6.04. The number of pyridine rings is 1. The molecule has 1 saturated heterocycles. The number of benzene rings is 2. The zero-order valence-electron chi connectivity index (χ0n) is 17.9. The Balaban J connectivity index is 1.28. The zero-order valence-corrected chi connectivity index (χ0v) is 17.9. The standard InChI is InChI=1S/C24H25N5O3/c1-18-2-6-20(7-3-18)24(30)26-21-8-11-23(25-16-21)28-14-12-27(13-15-28)17-19-4-9-22(10-5-19)29(31)32/h2-11,16H,12-15,17H2,1H3,(H,26,30). The van der Waals surface area contributed by atoms with Gasteiger partial charge < -0.3 is 10.2 Å². The van der Waals surface area contributed by atoms with E-state index in [4.69, 9.17) is 0 Å². The Kier molecular flexibility index (Phi) is 6.42. The van der Waals surface area contributed by atoms with Crippen molar-refractivity contribution < 1.29 is 9.72 Å². The van der Waals surface area contributed by atoms with Gasteiger partial charge in [0.25, 0.3) is 11.6 Å². The average molecular weight is 431 g/mol. The summed E-state index contributed by atoms with van der Waals surface area (Å²) in [6.45, 7) is 6.20. The molecule has 8 nitrogen and oxygen atoms in total. The lowest BCUT2D eigenvalue weighted by Crippen LogP contribution is -2.46. The predicted octanol–water partition coefficient (Wildman–Crippen LogP) is 3.87. The van der Waals surface area contributed by atoms with Crippen LogP contribution in [0.25, 0.3) is 0 Å². The number of hydrogen-bond acceptors (Lipinski definition) is 6. The number of nitro benzene ring substituents is 1. The van der Waals surface area contributed by atoms with Gasteiger partial charge in [-0.15, -0.1) is 0 Å². The first-order valence-corrected chi connectivity index (χ1v) is 10.5. The number of hydrogen-bond donors (Lipinski definition) is 1. The third kappa shape index (κ3) is 5.28. The number of aromatic nitrogens is 1. The topological polar surface area (TPSA) is 91.6 Å². The molecule has 1 aliphatic heterocycles. The number of non-ortho nitro benzene ring substituents is 1. The van der Waals surface area contributed by atoms with Crippen LogP contribution < -0.4 is 10.2 Å². The summed E-state index contributed by atoms with van der Waals surface area (Å²) < 4.78 is 0. The minimum Gasteiger partial charge on any atom is -0.354 e. The molecule has 32 heavy (non-hydrogen) atoms. The SMILES string of the molecule is Cc1ccc(C(=O)Nc2ccc(N3CCN(Cc4ccc([N+](=O)[O-])cc4)CC3)nc2)cc1. The molecule has 1 N–H and O–H groups in total. The van der Waals surface area contributed by atoms with Crippen molar-refractivity contribution in [2.24, 2.45) is 0 Å². The summed E-state index contributed by atoms with van der Waals surface area (Å²) in [6.07, 6.45) is 1.69. The third-order valence-corrected chi connectivity index (χ3v) is 5.57. The smallest absolute Gasteiger partial charge is 0.269 e. The fraction of sp³-hybridized carbons (Fsp3) is 0.250. The number of nitrogens with zero attached hydrogens (tertiary/aromatic N) is 4. The van der Waals surface area contributed by atoms with E-state index in [0.29, 0.717) is 11.3 Å². The van der Waals surface area contributed by atoms with Gasteiger partial charge in [0, 0.05) is 50.4 Å². The van der Waals surface area contributed by atoms with E-state index in [1.54, 1.807) is 18.3 Å². The molecule has 0 spiro atoms. The van der Waals surface area contributed by atoms with Crippen LogP contribution in [0.5, 0.6) is 0 Å². The Bertz CT molecular complexity index is 1070. The molecule has 0 saturated carbocycles. The highest BCUT2D eigenvalue weighted by atomic mass is 16.6. The first kappa shape index (κ1) is 21.5. The first-order valence-electron chi connectivity index (χ1n) is 10.5. The molecule has 0 bridgehead atoms. The van der Waals surface area contributed by atoms with Gasteiger partial charge >= 0.3 is 0 Å². The molecule has 0 atom stereocenters. The van der Waals surface area contributed by atoms with Crippen LogP contribution in [0.15, 0.2) is 66.9 Å². The molecule has 1 aliphatic rings. The molecule has 1 fully saturated rings. The molecule has 4 rings (SSSR count). The zero-order chi connectivity index (χ0) is 22.5. The number of nitro groups is 1. The molecule has 1 aromatic heterocycles. The maximum Gasteiger partial charge on any atom is 0.269 e.